The van der Waals surface area contributed by atoms with Crippen LogP contribution in [0.4, 0.5) is 10.8 Å². The van der Waals surface area contributed by atoms with Crippen LogP contribution in [0.1, 0.15) is 15.4 Å². The van der Waals surface area contributed by atoms with E-state index in [1.165, 1.54) is 17.5 Å². The van der Waals surface area contributed by atoms with Gasteiger partial charge in [-0.3, -0.25) is 4.79 Å². The quantitative estimate of drug-likeness (QED) is 0.705. The number of methoxy groups -OCH3 is 1. The number of rotatable bonds is 5. The molecule has 0 amide bonds. The first-order chi connectivity index (χ1) is 10.7. The average Bonchev–Trinajstić information content (AvgIpc) is 3.16. The van der Waals surface area contributed by atoms with E-state index in [0.29, 0.717) is 15.8 Å². The van der Waals surface area contributed by atoms with Gasteiger partial charge in [0.25, 0.3) is 0 Å². The number of thiazole rings is 1. The summed E-state index contributed by atoms with van der Waals surface area (Å²) >= 11 is 1.30. The Morgan fingerprint density at radius 1 is 1.32 bits per heavy atom. The lowest BCUT2D eigenvalue weighted by Gasteiger charge is -2.09. The molecule has 1 aromatic carbocycles. The van der Waals surface area contributed by atoms with Gasteiger partial charge in [-0.05, 0) is 19.1 Å². The molecule has 2 N–H and O–H groups in total. The second-order valence-corrected chi connectivity index (χ2v) is 5.70. The summed E-state index contributed by atoms with van der Waals surface area (Å²) in [4.78, 5) is 22.9. The van der Waals surface area contributed by atoms with E-state index >= 15 is 0 Å². The van der Waals surface area contributed by atoms with Crippen LogP contribution in [0.3, 0.4) is 0 Å². The van der Waals surface area contributed by atoms with Crippen molar-refractivity contribution in [2.45, 2.75) is 6.92 Å². The van der Waals surface area contributed by atoms with Crippen molar-refractivity contribution in [2.75, 3.05) is 12.4 Å². The highest BCUT2D eigenvalue weighted by Gasteiger charge is 2.10. The van der Waals surface area contributed by atoms with Crippen LogP contribution in [0, 0.1) is 6.92 Å². The Morgan fingerprint density at radius 3 is 2.82 bits per heavy atom. The number of H-pyrrole nitrogens is 1. The molecule has 0 bridgehead atoms. The molecule has 0 aliphatic heterocycles. The number of nitrogens with one attached hydrogen (secondary N) is 2. The topological polar surface area (TPSA) is 79.9 Å². The zero-order valence-corrected chi connectivity index (χ0v) is 12.9. The van der Waals surface area contributed by atoms with E-state index in [-0.39, 0.29) is 0 Å². The first kappa shape index (κ1) is 14.3. The molecule has 3 aromatic rings. The molecule has 2 heterocycles. The number of aldehydes is 1. The first-order valence-electron chi connectivity index (χ1n) is 6.57. The molecule has 0 aliphatic rings. The molecule has 3 rings (SSSR count). The number of anilines is 2. The van der Waals surface area contributed by atoms with Gasteiger partial charge >= 0.3 is 0 Å². The van der Waals surface area contributed by atoms with Gasteiger partial charge in [0, 0.05) is 23.6 Å². The standard InChI is InChI=1S/C15H14N4O2S/c1-9-6-16-14(18-9)12-4-3-10(5-13(12)21-2)19-15-17-7-11(8-20)22-15/h3-8H,1-2H3,(H,16,18)(H,17,19). The predicted octanol–water partition coefficient (Wildman–Crippen LogP) is 3.41. The van der Waals surface area contributed by atoms with Crippen molar-refractivity contribution in [3.05, 3.63) is 41.2 Å². The summed E-state index contributed by atoms with van der Waals surface area (Å²) in [5.74, 6) is 1.46. The van der Waals surface area contributed by atoms with Crippen molar-refractivity contribution >= 4 is 28.4 Å². The van der Waals surface area contributed by atoms with Gasteiger partial charge < -0.3 is 15.0 Å². The van der Waals surface area contributed by atoms with Crippen LogP contribution in [0.2, 0.25) is 0 Å². The SMILES string of the molecule is COc1cc(Nc2ncc(C=O)s2)ccc1-c1ncc(C)[nH]1. The number of carbonyl (C=O) groups is 1. The monoisotopic (exact) mass is 314 g/mol. The minimum atomic E-state index is 0.581. The zero-order valence-electron chi connectivity index (χ0n) is 12.1. The molecular weight excluding hydrogens is 300 g/mol. The second-order valence-electron chi connectivity index (χ2n) is 4.64. The van der Waals surface area contributed by atoms with Crippen LogP contribution in [0.25, 0.3) is 11.4 Å². The largest absolute Gasteiger partial charge is 0.496 e. The molecule has 6 nitrogen and oxygen atoms in total. The van der Waals surface area contributed by atoms with E-state index in [4.69, 9.17) is 4.74 Å². The molecule has 0 spiro atoms. The second kappa shape index (κ2) is 5.98. The number of aryl methyl sites for hydroxylation is 1. The molecule has 0 atom stereocenters. The van der Waals surface area contributed by atoms with Gasteiger partial charge in [-0.2, -0.15) is 0 Å². The average molecular weight is 314 g/mol. The maximum Gasteiger partial charge on any atom is 0.187 e. The molecule has 0 fully saturated rings. The maximum atomic E-state index is 10.7. The van der Waals surface area contributed by atoms with Crippen molar-refractivity contribution < 1.29 is 9.53 Å². The summed E-state index contributed by atoms with van der Waals surface area (Å²) in [6.45, 7) is 1.95. The van der Waals surface area contributed by atoms with Crippen LogP contribution in [0.5, 0.6) is 5.75 Å². The minimum absolute atomic E-state index is 0.581. The number of benzene rings is 1. The van der Waals surface area contributed by atoms with E-state index in [0.717, 1.165) is 29.1 Å². The van der Waals surface area contributed by atoms with Crippen molar-refractivity contribution in [1.29, 1.82) is 0 Å². The smallest absolute Gasteiger partial charge is 0.187 e. The summed E-state index contributed by atoms with van der Waals surface area (Å²) in [7, 11) is 1.62. The summed E-state index contributed by atoms with van der Waals surface area (Å²) in [5.41, 5.74) is 2.70. The van der Waals surface area contributed by atoms with Crippen molar-refractivity contribution in [1.82, 2.24) is 15.0 Å². The number of aromatic nitrogens is 3. The van der Waals surface area contributed by atoms with Gasteiger partial charge in [0.15, 0.2) is 11.4 Å². The number of nitrogens with zero attached hydrogens (tertiary/aromatic N) is 2. The Hall–Kier alpha value is -2.67. The highest BCUT2D eigenvalue weighted by atomic mass is 32.1. The van der Waals surface area contributed by atoms with Crippen molar-refractivity contribution in [3.63, 3.8) is 0 Å². The van der Waals surface area contributed by atoms with E-state index < -0.39 is 0 Å². The van der Waals surface area contributed by atoms with Crippen molar-refractivity contribution in [2.24, 2.45) is 0 Å². The van der Waals surface area contributed by atoms with E-state index in [2.05, 4.69) is 20.3 Å². The normalized spacial score (nSPS) is 10.5. The summed E-state index contributed by atoms with van der Waals surface area (Å²) in [5, 5.41) is 3.81. The van der Waals surface area contributed by atoms with Gasteiger partial charge in [0.1, 0.15) is 11.6 Å². The molecule has 22 heavy (non-hydrogen) atoms. The Morgan fingerprint density at radius 2 is 2.18 bits per heavy atom. The number of carbonyl (C=O) groups excluding carboxylic acids is 1. The van der Waals surface area contributed by atoms with E-state index in [1.54, 1.807) is 13.3 Å². The highest BCUT2D eigenvalue weighted by Crippen LogP contribution is 2.32. The van der Waals surface area contributed by atoms with Gasteiger partial charge in [-0.25, -0.2) is 9.97 Å². The Bertz CT molecular complexity index is 809. The fraction of sp³-hybridized carbons (Fsp3) is 0.133. The minimum Gasteiger partial charge on any atom is -0.496 e. The first-order valence-corrected chi connectivity index (χ1v) is 7.39. The molecule has 7 heteroatoms. The molecule has 112 valence electrons. The molecule has 0 saturated carbocycles. The summed E-state index contributed by atoms with van der Waals surface area (Å²) in [6.07, 6.45) is 4.10. The summed E-state index contributed by atoms with van der Waals surface area (Å²) in [6, 6.07) is 5.71. The summed E-state index contributed by atoms with van der Waals surface area (Å²) < 4.78 is 5.44. The van der Waals surface area contributed by atoms with Crippen LogP contribution in [-0.2, 0) is 0 Å². The molecule has 2 aromatic heterocycles. The molecule has 0 unspecified atom stereocenters. The maximum absolute atomic E-state index is 10.7. The third-order valence-electron chi connectivity index (χ3n) is 3.05. The van der Waals surface area contributed by atoms with Crippen LogP contribution in [-0.4, -0.2) is 28.3 Å². The fourth-order valence-electron chi connectivity index (χ4n) is 2.04. The predicted molar refractivity (Wildman–Crippen MR) is 86.1 cm³/mol. The number of hydrogen-bond acceptors (Lipinski definition) is 6. The number of hydrogen-bond donors (Lipinski definition) is 2. The number of aromatic amines is 1. The molecular formula is C15H14N4O2S. The van der Waals surface area contributed by atoms with Gasteiger partial charge in [0.05, 0.1) is 23.7 Å². The Labute approximate surface area is 131 Å². The van der Waals surface area contributed by atoms with E-state index in [1.807, 2.05) is 25.1 Å². The third-order valence-corrected chi connectivity index (χ3v) is 3.89. The van der Waals surface area contributed by atoms with Gasteiger partial charge in [-0.1, -0.05) is 11.3 Å². The zero-order chi connectivity index (χ0) is 15.5. The molecule has 0 radical (unpaired) electrons. The molecule has 0 aliphatic carbocycles. The lowest BCUT2D eigenvalue weighted by atomic mass is 10.1. The Balaban J connectivity index is 1.89. The van der Waals surface area contributed by atoms with Crippen LogP contribution in [0.15, 0.2) is 30.6 Å². The van der Waals surface area contributed by atoms with Gasteiger partial charge in [-0.15, -0.1) is 0 Å². The Kier molecular flexibility index (Phi) is 3.88. The lowest BCUT2D eigenvalue weighted by molar-refractivity contribution is 0.112. The highest BCUT2D eigenvalue weighted by molar-refractivity contribution is 7.17. The van der Waals surface area contributed by atoms with E-state index in [9.17, 15) is 4.79 Å². The number of imidazole rings is 1. The van der Waals surface area contributed by atoms with Crippen LogP contribution < -0.4 is 10.1 Å². The molecule has 0 saturated heterocycles. The van der Waals surface area contributed by atoms with Crippen LogP contribution >= 0.6 is 11.3 Å². The third kappa shape index (κ3) is 2.84. The van der Waals surface area contributed by atoms with Crippen molar-refractivity contribution in [3.8, 4) is 17.1 Å². The van der Waals surface area contributed by atoms with Gasteiger partial charge in [0.2, 0.25) is 0 Å². The lowest BCUT2D eigenvalue weighted by Crippen LogP contribution is -1.94. The fourth-order valence-corrected chi connectivity index (χ4v) is 2.69. The number of ether oxygens (including phenoxy) is 1.